The second-order valence-corrected chi connectivity index (χ2v) is 6.75. The molecule has 0 N–H and O–H groups in total. The number of aromatic nitrogens is 1. The van der Waals surface area contributed by atoms with E-state index >= 15 is 0 Å². The summed E-state index contributed by atoms with van der Waals surface area (Å²) in [5, 5.41) is 0.701. The summed E-state index contributed by atoms with van der Waals surface area (Å²) in [6.45, 7) is 3.12. The zero-order chi connectivity index (χ0) is 17.1. The van der Waals surface area contributed by atoms with Crippen molar-refractivity contribution < 1.29 is 9.53 Å². The van der Waals surface area contributed by atoms with E-state index in [1.807, 2.05) is 41.8 Å². The van der Waals surface area contributed by atoms with Crippen LogP contribution >= 0.6 is 22.9 Å². The van der Waals surface area contributed by atoms with Crippen molar-refractivity contribution in [1.82, 2.24) is 4.57 Å². The predicted molar refractivity (Wildman–Crippen MR) is 97.8 cm³/mol. The van der Waals surface area contributed by atoms with Crippen LogP contribution in [0.25, 0.3) is 10.2 Å². The van der Waals surface area contributed by atoms with Crippen LogP contribution in [0.4, 0.5) is 0 Å². The second kappa shape index (κ2) is 7.30. The van der Waals surface area contributed by atoms with Crippen LogP contribution in [-0.4, -0.2) is 24.2 Å². The number of methoxy groups -OCH3 is 1. The number of carbonyl (C=O) groups is 1. The third-order valence-corrected chi connectivity index (χ3v) is 5.22. The monoisotopic (exact) mass is 360 g/mol. The van der Waals surface area contributed by atoms with Crippen molar-refractivity contribution in [1.29, 1.82) is 0 Å². The van der Waals surface area contributed by atoms with E-state index in [4.69, 9.17) is 16.3 Å². The van der Waals surface area contributed by atoms with Crippen LogP contribution in [-0.2, 0) is 11.3 Å². The number of thiazole rings is 1. The number of fused-ring (bicyclic) bond motifs is 1. The summed E-state index contributed by atoms with van der Waals surface area (Å²) >= 11 is 7.75. The quantitative estimate of drug-likeness (QED) is 0.704. The SMILES string of the molecule is COCCn1c(=NC(=O)c2ccccc2)sc2ccc(Cl)c(C)c21. The maximum absolute atomic E-state index is 12.4. The Morgan fingerprint density at radius 3 is 2.71 bits per heavy atom. The molecule has 0 aliphatic rings. The van der Waals surface area contributed by atoms with Crippen molar-refractivity contribution in [2.45, 2.75) is 13.5 Å². The molecule has 1 amide bonds. The number of benzene rings is 2. The lowest BCUT2D eigenvalue weighted by Crippen LogP contribution is -2.19. The van der Waals surface area contributed by atoms with E-state index in [0.717, 1.165) is 15.8 Å². The third-order valence-electron chi connectivity index (χ3n) is 3.77. The van der Waals surface area contributed by atoms with Crippen LogP contribution in [0.15, 0.2) is 47.5 Å². The molecule has 0 unspecified atom stereocenters. The number of amides is 1. The lowest BCUT2D eigenvalue weighted by Gasteiger charge is -2.07. The molecule has 124 valence electrons. The molecule has 0 atom stereocenters. The molecule has 0 radical (unpaired) electrons. The molecule has 0 fully saturated rings. The highest BCUT2D eigenvalue weighted by atomic mass is 35.5. The van der Waals surface area contributed by atoms with Gasteiger partial charge in [-0.25, -0.2) is 0 Å². The molecular formula is C18H17ClN2O2S. The molecule has 4 nitrogen and oxygen atoms in total. The smallest absolute Gasteiger partial charge is 0.279 e. The Morgan fingerprint density at radius 1 is 1.25 bits per heavy atom. The van der Waals surface area contributed by atoms with Gasteiger partial charge in [0.15, 0.2) is 4.80 Å². The zero-order valence-electron chi connectivity index (χ0n) is 13.5. The Balaban J connectivity index is 2.18. The van der Waals surface area contributed by atoms with E-state index in [-0.39, 0.29) is 5.91 Å². The van der Waals surface area contributed by atoms with Crippen molar-refractivity contribution in [2.24, 2.45) is 4.99 Å². The molecule has 0 aliphatic carbocycles. The van der Waals surface area contributed by atoms with Gasteiger partial charge >= 0.3 is 0 Å². The van der Waals surface area contributed by atoms with E-state index < -0.39 is 0 Å². The first-order valence-corrected chi connectivity index (χ1v) is 8.72. The molecule has 1 heterocycles. The molecule has 2 aromatic carbocycles. The number of hydrogen-bond donors (Lipinski definition) is 0. The van der Waals surface area contributed by atoms with Crippen LogP contribution in [0.1, 0.15) is 15.9 Å². The molecule has 0 spiro atoms. The molecule has 0 saturated carbocycles. The summed E-state index contributed by atoms with van der Waals surface area (Å²) in [6, 6.07) is 12.9. The lowest BCUT2D eigenvalue weighted by molar-refractivity contribution is 0.0997. The van der Waals surface area contributed by atoms with Crippen LogP contribution in [0.3, 0.4) is 0 Å². The Morgan fingerprint density at radius 2 is 2.00 bits per heavy atom. The van der Waals surface area contributed by atoms with Gasteiger partial charge in [0.05, 0.1) is 16.8 Å². The standard InChI is InChI=1S/C18H17ClN2O2S/c1-12-14(19)8-9-15-16(12)21(10-11-23-2)18(24-15)20-17(22)13-6-4-3-5-7-13/h3-9H,10-11H2,1-2H3. The van der Waals surface area contributed by atoms with Crippen molar-refractivity contribution in [3.8, 4) is 0 Å². The predicted octanol–water partition coefficient (Wildman–Crippen LogP) is 4.05. The van der Waals surface area contributed by atoms with Crippen molar-refractivity contribution >= 4 is 39.1 Å². The fourth-order valence-electron chi connectivity index (χ4n) is 2.52. The lowest BCUT2D eigenvalue weighted by atomic mass is 10.2. The maximum Gasteiger partial charge on any atom is 0.279 e. The molecule has 3 aromatic rings. The maximum atomic E-state index is 12.4. The van der Waals surface area contributed by atoms with Crippen molar-refractivity contribution in [3.63, 3.8) is 0 Å². The molecule has 0 saturated heterocycles. The summed E-state index contributed by atoms with van der Waals surface area (Å²) in [5.74, 6) is -0.253. The van der Waals surface area contributed by atoms with Gasteiger partial charge in [-0.05, 0) is 36.8 Å². The van der Waals surface area contributed by atoms with Gasteiger partial charge in [-0.2, -0.15) is 4.99 Å². The van der Waals surface area contributed by atoms with E-state index in [0.29, 0.717) is 28.5 Å². The van der Waals surface area contributed by atoms with Gasteiger partial charge in [0.1, 0.15) is 0 Å². The van der Waals surface area contributed by atoms with Gasteiger partial charge in [-0.15, -0.1) is 0 Å². The molecule has 6 heteroatoms. The first-order chi connectivity index (χ1) is 11.6. The van der Waals surface area contributed by atoms with Crippen LogP contribution < -0.4 is 4.80 Å². The number of hydrogen-bond acceptors (Lipinski definition) is 3. The Bertz CT molecular complexity index is 945. The molecule has 1 aromatic heterocycles. The van der Waals surface area contributed by atoms with E-state index in [9.17, 15) is 4.79 Å². The largest absolute Gasteiger partial charge is 0.383 e. The van der Waals surface area contributed by atoms with Crippen molar-refractivity contribution in [3.05, 3.63) is 63.4 Å². The van der Waals surface area contributed by atoms with E-state index in [1.54, 1.807) is 19.2 Å². The minimum absolute atomic E-state index is 0.253. The van der Waals surface area contributed by atoms with Crippen LogP contribution in [0.5, 0.6) is 0 Å². The first kappa shape index (κ1) is 16.9. The Labute approximate surface area is 149 Å². The summed E-state index contributed by atoms with van der Waals surface area (Å²) in [6.07, 6.45) is 0. The molecule has 3 rings (SSSR count). The number of halogens is 1. The van der Waals surface area contributed by atoms with Gasteiger partial charge in [0, 0.05) is 24.2 Å². The summed E-state index contributed by atoms with van der Waals surface area (Å²) in [7, 11) is 1.65. The normalized spacial score (nSPS) is 12.0. The number of nitrogens with zero attached hydrogens (tertiary/aromatic N) is 2. The summed E-state index contributed by atoms with van der Waals surface area (Å²) in [5.41, 5.74) is 2.56. The number of aryl methyl sites for hydroxylation is 1. The van der Waals surface area contributed by atoms with Gasteiger partial charge in [-0.1, -0.05) is 41.1 Å². The first-order valence-electron chi connectivity index (χ1n) is 7.53. The van der Waals surface area contributed by atoms with Crippen molar-refractivity contribution in [2.75, 3.05) is 13.7 Å². The Kier molecular flexibility index (Phi) is 5.14. The average Bonchev–Trinajstić information content (AvgIpc) is 2.95. The minimum atomic E-state index is -0.253. The molecular weight excluding hydrogens is 344 g/mol. The van der Waals surface area contributed by atoms with Crippen LogP contribution in [0, 0.1) is 6.92 Å². The second-order valence-electron chi connectivity index (χ2n) is 5.33. The number of ether oxygens (including phenoxy) is 1. The fourth-order valence-corrected chi connectivity index (χ4v) is 3.79. The van der Waals surface area contributed by atoms with Gasteiger partial charge in [0.2, 0.25) is 0 Å². The minimum Gasteiger partial charge on any atom is -0.383 e. The average molecular weight is 361 g/mol. The Hall–Kier alpha value is -1.95. The fraction of sp³-hybridized carbons (Fsp3) is 0.222. The topological polar surface area (TPSA) is 43.6 Å². The highest BCUT2D eigenvalue weighted by molar-refractivity contribution is 7.16. The van der Waals surface area contributed by atoms with Gasteiger partial charge < -0.3 is 9.30 Å². The van der Waals surface area contributed by atoms with Gasteiger partial charge in [-0.3, -0.25) is 4.79 Å². The summed E-state index contributed by atoms with van der Waals surface area (Å²) in [4.78, 5) is 17.4. The third kappa shape index (κ3) is 3.29. The molecule has 24 heavy (non-hydrogen) atoms. The van der Waals surface area contributed by atoms with Gasteiger partial charge in [0.25, 0.3) is 5.91 Å². The highest BCUT2D eigenvalue weighted by Crippen LogP contribution is 2.27. The molecule has 0 aliphatic heterocycles. The van der Waals surface area contributed by atoms with Crippen LogP contribution in [0.2, 0.25) is 5.02 Å². The summed E-state index contributed by atoms with van der Waals surface area (Å²) < 4.78 is 8.26. The molecule has 0 bridgehead atoms. The zero-order valence-corrected chi connectivity index (χ0v) is 15.0. The highest BCUT2D eigenvalue weighted by Gasteiger charge is 2.12. The number of carbonyl (C=O) groups excluding carboxylic acids is 1. The number of rotatable bonds is 4. The van der Waals surface area contributed by atoms with E-state index in [2.05, 4.69) is 4.99 Å². The van der Waals surface area contributed by atoms with E-state index in [1.165, 1.54) is 11.3 Å².